The number of carbonyl (C=O) groups excluding carboxylic acids is 2. The fourth-order valence-corrected chi connectivity index (χ4v) is 8.28. The van der Waals surface area contributed by atoms with Gasteiger partial charge in [-0.25, -0.2) is 14.1 Å². The number of hydrogen-bond acceptors (Lipinski definition) is 11. The molecule has 10 nitrogen and oxygen atoms in total. The number of carbonyl (C=O) groups is 2. The number of benzene rings is 1. The van der Waals surface area contributed by atoms with Crippen molar-refractivity contribution in [2.24, 2.45) is 16.1 Å². The summed E-state index contributed by atoms with van der Waals surface area (Å²) in [4.78, 5) is 46.1. The van der Waals surface area contributed by atoms with Crippen molar-refractivity contribution in [2.75, 3.05) is 25.2 Å². The van der Waals surface area contributed by atoms with E-state index in [-0.39, 0.29) is 38.8 Å². The van der Waals surface area contributed by atoms with Gasteiger partial charge in [0.25, 0.3) is 0 Å². The summed E-state index contributed by atoms with van der Waals surface area (Å²) in [6, 6.07) is 2.64. The molecule has 4 rings (SSSR count). The van der Waals surface area contributed by atoms with Gasteiger partial charge in [0.15, 0.2) is 5.78 Å². The topological polar surface area (TPSA) is 124 Å². The van der Waals surface area contributed by atoms with Crippen molar-refractivity contribution in [3.8, 4) is 0 Å². The number of aliphatic hydroxyl groups excluding tert-OH is 1. The van der Waals surface area contributed by atoms with Crippen molar-refractivity contribution < 1.29 is 28.7 Å². The van der Waals surface area contributed by atoms with Crippen molar-refractivity contribution in [1.82, 2.24) is 9.36 Å². The van der Waals surface area contributed by atoms with Crippen LogP contribution in [-0.4, -0.2) is 62.4 Å². The second kappa shape index (κ2) is 19.4. The molecule has 1 aliphatic carbocycles. The van der Waals surface area contributed by atoms with Crippen LogP contribution in [0.25, 0.3) is 0 Å². The lowest BCUT2D eigenvalue weighted by Crippen LogP contribution is -2.31. The highest BCUT2D eigenvalue weighted by atomic mass is 35.5. The SMILES string of the molecule is CCC/C(=N\OCC)C1=C(O)CC(CC(C)SCC)CC1=O.COC(=O)CSc1cc(/N=c2\sc(=O)n3n2CCCC3)c(F)cc1Cl. The molecule has 2 aromatic rings. The van der Waals surface area contributed by atoms with Gasteiger partial charge < -0.3 is 14.7 Å². The van der Waals surface area contributed by atoms with E-state index in [4.69, 9.17) is 16.4 Å². The number of ether oxygens (including phenoxy) is 1. The molecule has 2 unspecified atom stereocenters. The highest BCUT2D eigenvalue weighted by molar-refractivity contribution is 8.00. The van der Waals surface area contributed by atoms with Crippen molar-refractivity contribution in [3.63, 3.8) is 0 Å². The number of hydrogen-bond donors (Lipinski definition) is 1. The molecule has 2 aliphatic rings. The molecule has 2 heterocycles. The van der Waals surface area contributed by atoms with Crippen molar-refractivity contribution >= 4 is 69.6 Å². The summed E-state index contributed by atoms with van der Waals surface area (Å²) in [5.41, 5.74) is 1.09. The molecular weight excluding hydrogens is 687 g/mol. The van der Waals surface area contributed by atoms with Gasteiger partial charge in [-0.05, 0) is 67.7 Å². The number of allylic oxidation sites excluding steroid dienone is 2. The van der Waals surface area contributed by atoms with Gasteiger partial charge in [0, 0.05) is 36.1 Å². The zero-order valence-corrected chi connectivity index (χ0v) is 30.8. The van der Waals surface area contributed by atoms with Crippen LogP contribution in [0.2, 0.25) is 5.02 Å². The number of Topliss-reactive ketones (excluding diaryl/α,β-unsaturated/α-hetero) is 1. The average Bonchev–Trinajstić information content (AvgIpc) is 3.35. The number of fused-ring (bicyclic) bond motifs is 1. The van der Waals surface area contributed by atoms with Crippen LogP contribution in [0.1, 0.15) is 72.6 Å². The lowest BCUT2D eigenvalue weighted by molar-refractivity contribution is -0.137. The van der Waals surface area contributed by atoms with Crippen LogP contribution >= 0.6 is 46.5 Å². The fourth-order valence-electron chi connectivity index (χ4n) is 5.32. The molecule has 0 fully saturated rings. The minimum atomic E-state index is -0.580. The predicted molar refractivity (Wildman–Crippen MR) is 189 cm³/mol. The van der Waals surface area contributed by atoms with Gasteiger partial charge in [-0.1, -0.05) is 43.9 Å². The van der Waals surface area contributed by atoms with Crippen LogP contribution < -0.4 is 9.67 Å². The number of aliphatic hydroxyl groups is 1. The number of aromatic nitrogens is 2. The molecule has 47 heavy (non-hydrogen) atoms. The Kier molecular flexibility index (Phi) is 16.1. The van der Waals surface area contributed by atoms with Crippen LogP contribution in [0, 0.1) is 11.7 Å². The highest BCUT2D eigenvalue weighted by Crippen LogP contribution is 2.34. The monoisotopic (exact) mass is 730 g/mol. The highest BCUT2D eigenvalue weighted by Gasteiger charge is 2.31. The lowest BCUT2D eigenvalue weighted by Gasteiger charge is -2.25. The number of thioether (sulfide) groups is 2. The summed E-state index contributed by atoms with van der Waals surface area (Å²) in [5, 5.41) is 15.1. The number of ketones is 1. The van der Waals surface area contributed by atoms with Gasteiger partial charge in [0.2, 0.25) is 4.80 Å². The van der Waals surface area contributed by atoms with Crippen LogP contribution in [0.5, 0.6) is 0 Å². The molecule has 1 aliphatic heterocycles. The Hall–Kier alpha value is -2.55. The predicted octanol–water partition coefficient (Wildman–Crippen LogP) is 7.30. The van der Waals surface area contributed by atoms with Gasteiger partial charge in [-0.2, -0.15) is 11.8 Å². The number of halogens is 2. The van der Waals surface area contributed by atoms with Gasteiger partial charge in [0.05, 0.1) is 29.2 Å². The number of oxime groups is 1. The fraction of sp³-hybridized carbons (Fsp3) is 0.594. The van der Waals surface area contributed by atoms with Crippen molar-refractivity contribution in [3.05, 3.63) is 48.8 Å². The molecule has 0 radical (unpaired) electrons. The van der Waals surface area contributed by atoms with Crippen LogP contribution in [0.15, 0.2) is 43.3 Å². The third kappa shape index (κ3) is 11.3. The Bertz CT molecular complexity index is 1590. The molecule has 0 bridgehead atoms. The van der Waals surface area contributed by atoms with E-state index in [1.165, 1.54) is 13.2 Å². The summed E-state index contributed by atoms with van der Waals surface area (Å²) in [5.74, 6) is 0.598. The molecule has 15 heteroatoms. The summed E-state index contributed by atoms with van der Waals surface area (Å²) < 4.78 is 22.3. The van der Waals surface area contributed by atoms with E-state index in [0.717, 1.165) is 60.6 Å². The van der Waals surface area contributed by atoms with Gasteiger partial charge in [-0.15, -0.1) is 11.8 Å². The largest absolute Gasteiger partial charge is 0.511 e. The Morgan fingerprint density at radius 2 is 1.91 bits per heavy atom. The first-order valence-corrected chi connectivity index (χ1v) is 19.1. The normalized spacial score (nSPS) is 17.6. The molecule has 0 amide bonds. The van der Waals surface area contributed by atoms with Crippen molar-refractivity contribution in [2.45, 2.75) is 95.9 Å². The second-order valence-corrected chi connectivity index (χ2v) is 15.1. The number of nitrogens with zero attached hydrogens (tertiary/aromatic N) is 4. The Balaban J connectivity index is 0.000000258. The maximum absolute atomic E-state index is 14.3. The van der Waals surface area contributed by atoms with Crippen LogP contribution in [0.3, 0.4) is 0 Å². The molecule has 1 aromatic heterocycles. The number of rotatable bonds is 13. The lowest BCUT2D eigenvalue weighted by atomic mass is 9.82. The summed E-state index contributed by atoms with van der Waals surface area (Å²) in [6.45, 7) is 10.00. The zero-order chi connectivity index (χ0) is 34.5. The van der Waals surface area contributed by atoms with Crippen molar-refractivity contribution in [1.29, 1.82) is 0 Å². The standard InChI is InChI=1S/C17H29NO3S.C15H15ClFN3O3S2/c1-5-8-14(18-21-6-2)17-15(19)10-13(11-16(17)20)9-12(4)22-7-3;1-23-13(21)8-24-12-7-11(10(17)6-9(12)16)18-14-19-4-2-3-5-20(19)15(22)25-14/h12-13,19H,5-11H2,1-4H3;6-7H,2-5,8H2,1H3/b18-14+;18-14-. The summed E-state index contributed by atoms with van der Waals surface area (Å²) >= 11 is 10.1. The minimum absolute atomic E-state index is 0.00866. The first-order valence-electron chi connectivity index (χ1n) is 15.8. The first-order chi connectivity index (χ1) is 22.5. The van der Waals surface area contributed by atoms with Gasteiger partial charge in [-0.3, -0.25) is 19.1 Å². The van der Waals surface area contributed by atoms with Gasteiger partial charge >= 0.3 is 10.8 Å². The summed E-state index contributed by atoms with van der Waals surface area (Å²) in [7, 11) is 1.30. The van der Waals surface area contributed by atoms with E-state index in [9.17, 15) is 23.9 Å². The third-order valence-corrected chi connectivity index (χ3v) is 10.8. The molecule has 1 aromatic carbocycles. The Morgan fingerprint density at radius 3 is 2.55 bits per heavy atom. The van der Waals surface area contributed by atoms with E-state index in [0.29, 0.717) is 65.2 Å². The molecule has 260 valence electrons. The molecule has 0 saturated heterocycles. The molecule has 0 spiro atoms. The van der Waals surface area contributed by atoms with Gasteiger partial charge in [0.1, 0.15) is 23.9 Å². The zero-order valence-electron chi connectivity index (χ0n) is 27.6. The number of methoxy groups -OCH3 is 1. The molecule has 0 saturated carbocycles. The second-order valence-electron chi connectivity index (χ2n) is 11.0. The van der Waals surface area contributed by atoms with E-state index >= 15 is 0 Å². The molecular formula is C32H44ClFN4O6S3. The summed E-state index contributed by atoms with van der Waals surface area (Å²) in [6.07, 6.45) is 5.45. The molecule has 1 N–H and O–H groups in total. The van der Waals surface area contributed by atoms with E-state index in [1.807, 2.05) is 25.6 Å². The first kappa shape index (κ1) is 38.9. The molecule has 2 atom stereocenters. The number of esters is 1. The van der Waals surface area contributed by atoms with E-state index in [2.05, 4.69) is 28.7 Å². The van der Waals surface area contributed by atoms with Crippen LogP contribution in [-0.2, 0) is 32.3 Å². The van der Waals surface area contributed by atoms with E-state index in [1.54, 1.807) is 9.36 Å². The Labute approximate surface area is 292 Å². The van der Waals surface area contributed by atoms with Crippen LogP contribution in [0.4, 0.5) is 10.1 Å². The smallest absolute Gasteiger partial charge is 0.325 e. The maximum atomic E-state index is 14.3. The van der Waals surface area contributed by atoms with E-state index < -0.39 is 11.8 Å². The maximum Gasteiger partial charge on any atom is 0.325 e. The quantitative estimate of drug-likeness (QED) is 0.0986. The Morgan fingerprint density at radius 1 is 1.19 bits per heavy atom. The average molecular weight is 731 g/mol. The minimum Gasteiger partial charge on any atom is -0.511 e. The third-order valence-electron chi connectivity index (χ3n) is 7.40.